The molecule has 1 aromatic heterocycles. The van der Waals surface area contributed by atoms with Crippen LogP contribution in [0.4, 0.5) is 0 Å². The Morgan fingerprint density at radius 1 is 1.26 bits per heavy atom. The fourth-order valence-electron chi connectivity index (χ4n) is 2.35. The molecule has 0 aliphatic heterocycles. The first-order valence-corrected chi connectivity index (χ1v) is 8.54. The fraction of sp³-hybridized carbons (Fsp3) is 0.667. The van der Waals surface area contributed by atoms with Crippen LogP contribution in [-0.4, -0.2) is 43.8 Å². The second-order valence-electron chi connectivity index (χ2n) is 6.01. The summed E-state index contributed by atoms with van der Waals surface area (Å²) in [6.07, 6.45) is 4.14. The number of ether oxygens (including phenoxy) is 1. The number of guanidine groups is 1. The second kappa shape index (κ2) is 11.0. The molecule has 130 valence electrons. The molecule has 1 aromatic rings. The average Bonchev–Trinajstić information content (AvgIpc) is 2.54. The van der Waals surface area contributed by atoms with Gasteiger partial charge in [-0.05, 0) is 44.2 Å². The highest BCUT2D eigenvalue weighted by atomic mass is 16.5. The number of aliphatic imine (C=N–C) groups is 1. The van der Waals surface area contributed by atoms with Crippen LogP contribution in [0.15, 0.2) is 23.3 Å². The quantitative estimate of drug-likeness (QED) is 0.542. The van der Waals surface area contributed by atoms with Gasteiger partial charge >= 0.3 is 0 Å². The van der Waals surface area contributed by atoms with Gasteiger partial charge in [0.15, 0.2) is 5.96 Å². The smallest absolute Gasteiger partial charge is 0.190 e. The molecule has 2 N–H and O–H groups in total. The van der Waals surface area contributed by atoms with Crippen LogP contribution in [0.25, 0.3) is 0 Å². The molecule has 1 rings (SSSR count). The third-order valence-electron chi connectivity index (χ3n) is 3.75. The van der Waals surface area contributed by atoms with Crippen LogP contribution < -0.4 is 10.6 Å². The Balaban J connectivity index is 2.27. The number of nitrogens with zero attached hydrogens (tertiary/aromatic N) is 2. The Labute approximate surface area is 141 Å². The van der Waals surface area contributed by atoms with Crippen LogP contribution in [0, 0.1) is 12.8 Å². The van der Waals surface area contributed by atoms with E-state index >= 15 is 0 Å². The van der Waals surface area contributed by atoms with Gasteiger partial charge in [0, 0.05) is 38.6 Å². The predicted molar refractivity (Wildman–Crippen MR) is 96.9 cm³/mol. The first-order chi connectivity index (χ1) is 11.1. The number of pyridine rings is 1. The molecular formula is C18H32N4O. The van der Waals surface area contributed by atoms with E-state index < -0.39 is 0 Å². The number of aromatic nitrogens is 1. The minimum absolute atomic E-state index is 0.296. The van der Waals surface area contributed by atoms with Crippen molar-refractivity contribution >= 4 is 5.96 Å². The number of nitrogens with one attached hydrogen (secondary N) is 2. The highest BCUT2D eigenvalue weighted by molar-refractivity contribution is 5.79. The van der Waals surface area contributed by atoms with Crippen LogP contribution >= 0.6 is 0 Å². The number of hydrogen-bond acceptors (Lipinski definition) is 3. The number of hydrogen-bond donors (Lipinski definition) is 2. The molecule has 0 radical (unpaired) electrons. The molecule has 1 heterocycles. The molecule has 23 heavy (non-hydrogen) atoms. The van der Waals surface area contributed by atoms with Crippen molar-refractivity contribution in [3.63, 3.8) is 0 Å². The van der Waals surface area contributed by atoms with Crippen LogP contribution in [0.2, 0.25) is 0 Å². The van der Waals surface area contributed by atoms with E-state index in [0.717, 1.165) is 44.2 Å². The molecule has 1 atom stereocenters. The van der Waals surface area contributed by atoms with Crippen LogP contribution in [0.3, 0.4) is 0 Å². The van der Waals surface area contributed by atoms with E-state index in [2.05, 4.69) is 40.5 Å². The molecule has 0 spiro atoms. The van der Waals surface area contributed by atoms with Gasteiger partial charge in [-0.1, -0.05) is 19.9 Å². The van der Waals surface area contributed by atoms with E-state index in [1.165, 1.54) is 5.56 Å². The van der Waals surface area contributed by atoms with Crippen molar-refractivity contribution in [1.82, 2.24) is 15.6 Å². The van der Waals surface area contributed by atoms with Crippen molar-refractivity contribution in [2.75, 3.05) is 26.7 Å². The van der Waals surface area contributed by atoms with Crippen LogP contribution in [0.1, 0.15) is 38.4 Å². The number of rotatable bonds is 9. The zero-order chi connectivity index (χ0) is 17.1. The minimum Gasteiger partial charge on any atom is -0.378 e. The molecular weight excluding hydrogens is 288 g/mol. The van der Waals surface area contributed by atoms with E-state index in [9.17, 15) is 0 Å². The summed E-state index contributed by atoms with van der Waals surface area (Å²) in [5.41, 5.74) is 2.28. The van der Waals surface area contributed by atoms with E-state index in [4.69, 9.17) is 4.74 Å². The summed E-state index contributed by atoms with van der Waals surface area (Å²) >= 11 is 0. The molecule has 0 saturated carbocycles. The summed E-state index contributed by atoms with van der Waals surface area (Å²) in [4.78, 5) is 8.57. The maximum Gasteiger partial charge on any atom is 0.190 e. The molecule has 0 aromatic carbocycles. The number of aryl methyl sites for hydroxylation is 1. The zero-order valence-electron chi connectivity index (χ0n) is 15.2. The second-order valence-corrected chi connectivity index (χ2v) is 6.01. The van der Waals surface area contributed by atoms with Crippen LogP contribution in [-0.2, 0) is 11.2 Å². The monoisotopic (exact) mass is 320 g/mol. The molecule has 0 amide bonds. The Bertz CT molecular complexity index is 457. The summed E-state index contributed by atoms with van der Waals surface area (Å²) < 4.78 is 5.76. The SMILES string of the molecule is CCOC(CCNC(=NC)NCCc1ccc(C)nc1)C(C)C. The average molecular weight is 320 g/mol. The summed E-state index contributed by atoms with van der Waals surface area (Å²) in [5, 5.41) is 6.69. The standard InChI is InChI=1S/C18H32N4O/c1-6-23-17(14(2)3)10-12-21-18(19-5)20-11-9-16-8-7-15(4)22-13-16/h7-8,13-14,17H,6,9-12H2,1-5H3,(H2,19,20,21). The third-order valence-corrected chi connectivity index (χ3v) is 3.75. The molecule has 0 saturated heterocycles. The maximum atomic E-state index is 5.76. The lowest BCUT2D eigenvalue weighted by Crippen LogP contribution is -2.40. The normalized spacial score (nSPS) is 13.2. The molecule has 5 heteroatoms. The van der Waals surface area contributed by atoms with Crippen molar-refractivity contribution < 1.29 is 4.74 Å². The minimum atomic E-state index is 0.296. The van der Waals surface area contributed by atoms with Crippen molar-refractivity contribution in [3.05, 3.63) is 29.6 Å². The molecule has 0 aliphatic carbocycles. The van der Waals surface area contributed by atoms with Gasteiger partial charge in [-0.25, -0.2) is 0 Å². The van der Waals surface area contributed by atoms with E-state index in [-0.39, 0.29) is 0 Å². The van der Waals surface area contributed by atoms with Crippen molar-refractivity contribution in [2.45, 2.75) is 46.6 Å². The van der Waals surface area contributed by atoms with Gasteiger partial charge in [-0.3, -0.25) is 9.98 Å². The van der Waals surface area contributed by atoms with Gasteiger partial charge in [-0.15, -0.1) is 0 Å². The molecule has 0 bridgehead atoms. The Hall–Kier alpha value is -1.62. The summed E-state index contributed by atoms with van der Waals surface area (Å²) in [6.45, 7) is 10.9. The summed E-state index contributed by atoms with van der Waals surface area (Å²) in [7, 11) is 1.80. The topological polar surface area (TPSA) is 58.5 Å². The van der Waals surface area contributed by atoms with Gasteiger partial charge in [0.1, 0.15) is 0 Å². The summed E-state index contributed by atoms with van der Waals surface area (Å²) in [6, 6.07) is 4.16. The third kappa shape index (κ3) is 7.98. The molecule has 5 nitrogen and oxygen atoms in total. The Kier molecular flexibility index (Phi) is 9.29. The predicted octanol–water partition coefficient (Wildman–Crippen LogP) is 2.55. The molecule has 0 aliphatic rings. The first-order valence-electron chi connectivity index (χ1n) is 8.54. The van der Waals surface area contributed by atoms with E-state index in [1.807, 2.05) is 26.1 Å². The first kappa shape index (κ1) is 19.4. The maximum absolute atomic E-state index is 5.76. The van der Waals surface area contributed by atoms with Gasteiger partial charge < -0.3 is 15.4 Å². The Morgan fingerprint density at radius 2 is 2.00 bits per heavy atom. The molecule has 0 fully saturated rings. The Morgan fingerprint density at radius 3 is 2.57 bits per heavy atom. The summed E-state index contributed by atoms with van der Waals surface area (Å²) in [5.74, 6) is 1.37. The van der Waals surface area contributed by atoms with Gasteiger partial charge in [0.25, 0.3) is 0 Å². The van der Waals surface area contributed by atoms with Crippen molar-refractivity contribution in [1.29, 1.82) is 0 Å². The fourth-order valence-corrected chi connectivity index (χ4v) is 2.35. The van der Waals surface area contributed by atoms with Crippen molar-refractivity contribution in [2.24, 2.45) is 10.9 Å². The lowest BCUT2D eigenvalue weighted by molar-refractivity contribution is 0.0258. The lowest BCUT2D eigenvalue weighted by atomic mass is 10.0. The van der Waals surface area contributed by atoms with E-state index in [1.54, 1.807) is 7.05 Å². The van der Waals surface area contributed by atoms with Gasteiger partial charge in [-0.2, -0.15) is 0 Å². The lowest BCUT2D eigenvalue weighted by Gasteiger charge is -2.21. The molecule has 1 unspecified atom stereocenters. The van der Waals surface area contributed by atoms with Crippen LogP contribution in [0.5, 0.6) is 0 Å². The van der Waals surface area contributed by atoms with Crippen molar-refractivity contribution in [3.8, 4) is 0 Å². The van der Waals surface area contributed by atoms with Gasteiger partial charge in [0.2, 0.25) is 0 Å². The van der Waals surface area contributed by atoms with Gasteiger partial charge in [0.05, 0.1) is 6.10 Å². The zero-order valence-corrected chi connectivity index (χ0v) is 15.2. The largest absolute Gasteiger partial charge is 0.378 e. The van der Waals surface area contributed by atoms with E-state index in [0.29, 0.717) is 12.0 Å². The highest BCUT2D eigenvalue weighted by Gasteiger charge is 2.12. The highest BCUT2D eigenvalue weighted by Crippen LogP contribution is 2.09.